The number of nitrogen functional groups attached to an aromatic ring is 1. The van der Waals surface area contributed by atoms with Crippen molar-refractivity contribution in [2.24, 2.45) is 0 Å². The summed E-state index contributed by atoms with van der Waals surface area (Å²) < 4.78 is 1.64. The standard InChI is InChI=1S/C24H30N6O3/c1-2-3-11-26-21-20-18(27-24(25)28-21)10-13-30(22(20)31)15-17-8-6-16(7-9-17)14-29-12-4-5-19(29)23(32)33/h6-10,13,19H,2-5,11-12,14-15H2,1H3,(H,32,33)(H3,25,26,27,28)/t19-/m0/s1. The summed E-state index contributed by atoms with van der Waals surface area (Å²) in [6.45, 7) is 4.63. The number of nitrogens with one attached hydrogen (secondary N) is 1. The van der Waals surface area contributed by atoms with Gasteiger partial charge in [-0.15, -0.1) is 0 Å². The Hall–Kier alpha value is -3.46. The lowest BCUT2D eigenvalue weighted by atomic mass is 10.1. The third-order valence-corrected chi connectivity index (χ3v) is 6.07. The number of nitrogens with zero attached hydrogens (tertiary/aromatic N) is 4. The number of carboxylic acid groups (broad SMARTS) is 1. The number of carboxylic acids is 1. The average molecular weight is 451 g/mol. The van der Waals surface area contributed by atoms with E-state index in [4.69, 9.17) is 5.73 Å². The predicted molar refractivity (Wildman–Crippen MR) is 128 cm³/mol. The highest BCUT2D eigenvalue weighted by molar-refractivity contribution is 5.89. The molecule has 0 saturated carbocycles. The second-order valence-electron chi connectivity index (χ2n) is 8.50. The lowest BCUT2D eigenvalue weighted by molar-refractivity contribution is -0.142. The van der Waals surface area contributed by atoms with Crippen LogP contribution in [0.1, 0.15) is 43.7 Å². The number of hydrogen-bond donors (Lipinski definition) is 3. The van der Waals surface area contributed by atoms with E-state index in [1.165, 1.54) is 0 Å². The SMILES string of the molecule is CCCCNc1nc(N)nc2ccn(Cc3ccc(CN4CCC[C@H]4C(=O)O)cc3)c(=O)c12. The van der Waals surface area contributed by atoms with E-state index in [-0.39, 0.29) is 11.5 Å². The van der Waals surface area contributed by atoms with E-state index < -0.39 is 12.0 Å². The van der Waals surface area contributed by atoms with E-state index in [0.29, 0.717) is 42.8 Å². The molecule has 0 amide bonds. The maximum atomic E-state index is 13.2. The maximum absolute atomic E-state index is 13.2. The zero-order valence-corrected chi connectivity index (χ0v) is 18.8. The van der Waals surface area contributed by atoms with Gasteiger partial charge in [-0.2, -0.15) is 4.98 Å². The van der Waals surface area contributed by atoms with E-state index >= 15 is 0 Å². The molecule has 1 atom stereocenters. The van der Waals surface area contributed by atoms with Crippen LogP contribution in [-0.4, -0.2) is 49.6 Å². The Morgan fingerprint density at radius 2 is 1.91 bits per heavy atom. The molecule has 4 N–H and O–H groups in total. The molecule has 1 aliphatic rings. The van der Waals surface area contributed by atoms with Gasteiger partial charge in [-0.25, -0.2) is 4.98 Å². The number of benzene rings is 1. The summed E-state index contributed by atoms with van der Waals surface area (Å²) in [6, 6.07) is 9.35. The molecular weight excluding hydrogens is 420 g/mol. The van der Waals surface area contributed by atoms with Crippen LogP contribution in [0.2, 0.25) is 0 Å². The Morgan fingerprint density at radius 1 is 1.18 bits per heavy atom. The smallest absolute Gasteiger partial charge is 0.320 e. The molecule has 0 aliphatic carbocycles. The molecule has 1 aromatic carbocycles. The zero-order chi connectivity index (χ0) is 23.4. The van der Waals surface area contributed by atoms with Crippen molar-refractivity contribution >= 4 is 28.6 Å². The molecule has 9 heteroatoms. The van der Waals surface area contributed by atoms with Gasteiger partial charge in [0.25, 0.3) is 5.56 Å². The number of aliphatic carboxylic acids is 1. The van der Waals surface area contributed by atoms with Crippen LogP contribution in [0.5, 0.6) is 0 Å². The minimum Gasteiger partial charge on any atom is -0.480 e. The van der Waals surface area contributed by atoms with E-state index in [1.54, 1.807) is 16.8 Å². The van der Waals surface area contributed by atoms with Crippen molar-refractivity contribution in [1.29, 1.82) is 0 Å². The first-order valence-corrected chi connectivity index (χ1v) is 11.4. The first-order valence-electron chi connectivity index (χ1n) is 11.4. The number of nitrogens with two attached hydrogens (primary N) is 1. The monoisotopic (exact) mass is 450 g/mol. The summed E-state index contributed by atoms with van der Waals surface area (Å²) in [5.74, 6) is -0.147. The topological polar surface area (TPSA) is 126 Å². The van der Waals surface area contributed by atoms with Gasteiger partial charge < -0.3 is 20.7 Å². The van der Waals surface area contributed by atoms with Crippen molar-refractivity contribution in [2.75, 3.05) is 24.1 Å². The third kappa shape index (κ3) is 5.14. The van der Waals surface area contributed by atoms with Crippen molar-refractivity contribution in [1.82, 2.24) is 19.4 Å². The normalized spacial score (nSPS) is 16.3. The van der Waals surface area contributed by atoms with Crippen molar-refractivity contribution in [3.8, 4) is 0 Å². The lowest BCUT2D eigenvalue weighted by Gasteiger charge is -2.21. The van der Waals surface area contributed by atoms with E-state index in [9.17, 15) is 14.7 Å². The Kier molecular flexibility index (Phi) is 6.88. The number of likely N-dealkylation sites (tertiary alicyclic amines) is 1. The zero-order valence-electron chi connectivity index (χ0n) is 18.8. The lowest BCUT2D eigenvalue weighted by Crippen LogP contribution is -2.35. The molecule has 9 nitrogen and oxygen atoms in total. The van der Waals surface area contributed by atoms with Gasteiger partial charge in [-0.1, -0.05) is 37.6 Å². The third-order valence-electron chi connectivity index (χ3n) is 6.07. The van der Waals surface area contributed by atoms with Crippen molar-refractivity contribution in [3.63, 3.8) is 0 Å². The number of rotatable bonds is 9. The fourth-order valence-electron chi connectivity index (χ4n) is 4.31. The molecule has 1 aliphatic heterocycles. The fourth-order valence-corrected chi connectivity index (χ4v) is 4.31. The molecule has 0 bridgehead atoms. The molecule has 1 fully saturated rings. The van der Waals surface area contributed by atoms with Gasteiger partial charge in [-0.05, 0) is 43.0 Å². The Labute approximate surface area is 192 Å². The quantitative estimate of drug-likeness (QED) is 0.425. The Balaban J connectivity index is 1.53. The molecule has 1 saturated heterocycles. The van der Waals surface area contributed by atoms with Crippen LogP contribution in [0.15, 0.2) is 41.3 Å². The van der Waals surface area contributed by atoms with E-state index in [2.05, 4.69) is 22.2 Å². The van der Waals surface area contributed by atoms with Gasteiger partial charge in [0.15, 0.2) is 0 Å². The second-order valence-corrected chi connectivity index (χ2v) is 8.50. The summed E-state index contributed by atoms with van der Waals surface area (Å²) in [7, 11) is 0. The Bertz CT molecular complexity index is 1190. The van der Waals surface area contributed by atoms with Crippen molar-refractivity contribution in [2.45, 2.75) is 51.7 Å². The van der Waals surface area contributed by atoms with Crippen LogP contribution >= 0.6 is 0 Å². The fraction of sp³-hybridized carbons (Fsp3) is 0.417. The molecule has 2 aromatic heterocycles. The van der Waals surface area contributed by atoms with Crippen LogP contribution in [-0.2, 0) is 17.9 Å². The molecule has 0 radical (unpaired) electrons. The van der Waals surface area contributed by atoms with Gasteiger partial charge in [0.1, 0.15) is 17.2 Å². The number of hydrogen-bond acceptors (Lipinski definition) is 7. The van der Waals surface area contributed by atoms with Gasteiger partial charge in [0, 0.05) is 19.3 Å². The molecule has 0 spiro atoms. The number of aromatic nitrogens is 3. The molecule has 3 heterocycles. The Morgan fingerprint density at radius 3 is 2.61 bits per heavy atom. The largest absolute Gasteiger partial charge is 0.480 e. The average Bonchev–Trinajstić information content (AvgIpc) is 3.25. The summed E-state index contributed by atoms with van der Waals surface area (Å²) >= 11 is 0. The van der Waals surface area contributed by atoms with Gasteiger partial charge in [-0.3, -0.25) is 14.5 Å². The van der Waals surface area contributed by atoms with Crippen LogP contribution in [0.25, 0.3) is 10.9 Å². The molecule has 174 valence electrons. The predicted octanol–water partition coefficient (Wildman–Crippen LogP) is 2.68. The van der Waals surface area contributed by atoms with Crippen molar-refractivity contribution in [3.05, 3.63) is 58.0 Å². The van der Waals surface area contributed by atoms with Crippen LogP contribution in [0.4, 0.5) is 11.8 Å². The maximum Gasteiger partial charge on any atom is 0.320 e. The molecule has 0 unspecified atom stereocenters. The van der Waals surface area contributed by atoms with E-state index in [0.717, 1.165) is 36.9 Å². The highest BCUT2D eigenvalue weighted by Crippen LogP contribution is 2.21. The highest BCUT2D eigenvalue weighted by Gasteiger charge is 2.30. The second kappa shape index (κ2) is 9.99. The molecule has 4 rings (SSSR count). The van der Waals surface area contributed by atoms with Crippen LogP contribution in [0, 0.1) is 0 Å². The molecule has 33 heavy (non-hydrogen) atoms. The number of unbranched alkanes of at least 4 members (excludes halogenated alkanes) is 1. The first kappa shape index (κ1) is 22.7. The summed E-state index contributed by atoms with van der Waals surface area (Å²) in [4.78, 5) is 35.1. The minimum absolute atomic E-state index is 0.136. The van der Waals surface area contributed by atoms with E-state index in [1.807, 2.05) is 29.2 Å². The molecule has 3 aromatic rings. The van der Waals surface area contributed by atoms with Gasteiger partial charge >= 0.3 is 5.97 Å². The number of carbonyl (C=O) groups is 1. The van der Waals surface area contributed by atoms with Crippen LogP contribution < -0.4 is 16.6 Å². The van der Waals surface area contributed by atoms with Crippen LogP contribution in [0.3, 0.4) is 0 Å². The number of fused-ring (bicyclic) bond motifs is 1. The minimum atomic E-state index is -0.755. The summed E-state index contributed by atoms with van der Waals surface area (Å²) in [5.41, 5.74) is 8.23. The summed E-state index contributed by atoms with van der Waals surface area (Å²) in [5, 5.41) is 13.0. The highest BCUT2D eigenvalue weighted by atomic mass is 16.4. The van der Waals surface area contributed by atoms with Gasteiger partial charge in [0.05, 0.1) is 12.1 Å². The number of anilines is 2. The number of pyridine rings is 1. The van der Waals surface area contributed by atoms with Gasteiger partial charge in [0.2, 0.25) is 5.95 Å². The van der Waals surface area contributed by atoms with Crippen molar-refractivity contribution < 1.29 is 9.90 Å². The first-order chi connectivity index (χ1) is 16.0. The summed E-state index contributed by atoms with van der Waals surface area (Å²) in [6.07, 6.45) is 5.32. The molecular formula is C24H30N6O3.